The Bertz CT molecular complexity index is 380. The minimum Gasteiger partial charge on any atom is -0.348 e. The van der Waals surface area contributed by atoms with Crippen LogP contribution in [0.4, 0.5) is 0 Å². The van der Waals surface area contributed by atoms with E-state index in [-0.39, 0.29) is 11.9 Å². The molecule has 0 aliphatic heterocycles. The third-order valence-electron chi connectivity index (χ3n) is 2.29. The summed E-state index contributed by atoms with van der Waals surface area (Å²) in [5.41, 5.74) is 6.23. The van der Waals surface area contributed by atoms with E-state index in [0.29, 0.717) is 12.1 Å². The number of nitrogens with two attached hydrogens (primary N) is 1. The number of benzene rings is 1. The average molecular weight is 397 g/mol. The summed E-state index contributed by atoms with van der Waals surface area (Å²) in [6, 6.07) is 5.68. The standard InChI is InChI=1S/C11H14BrIN2O/c1-2-8(6-14)15-11(16)9-5-7(12)3-4-10(9)13/h3-5,8H,2,6,14H2,1H3,(H,15,16). The smallest absolute Gasteiger partial charge is 0.252 e. The Labute approximate surface area is 117 Å². The molecule has 16 heavy (non-hydrogen) atoms. The van der Waals surface area contributed by atoms with Crippen LogP contribution >= 0.6 is 38.5 Å². The van der Waals surface area contributed by atoms with Crippen molar-refractivity contribution in [1.82, 2.24) is 5.32 Å². The first kappa shape index (κ1) is 13.9. The fourth-order valence-corrected chi connectivity index (χ4v) is 2.20. The second-order valence-corrected chi connectivity index (χ2v) is 5.52. The molecule has 0 radical (unpaired) electrons. The summed E-state index contributed by atoms with van der Waals surface area (Å²) in [5.74, 6) is -0.0667. The summed E-state index contributed by atoms with van der Waals surface area (Å²) in [6.07, 6.45) is 0.840. The third kappa shape index (κ3) is 3.71. The van der Waals surface area contributed by atoms with Crippen LogP contribution in [0.3, 0.4) is 0 Å². The van der Waals surface area contributed by atoms with Crippen LogP contribution in [0.15, 0.2) is 22.7 Å². The number of hydrogen-bond acceptors (Lipinski definition) is 2. The van der Waals surface area contributed by atoms with Crippen LogP contribution in [0.2, 0.25) is 0 Å². The van der Waals surface area contributed by atoms with E-state index >= 15 is 0 Å². The molecule has 1 aromatic carbocycles. The Balaban J connectivity index is 2.83. The molecule has 1 amide bonds. The minimum atomic E-state index is -0.0667. The van der Waals surface area contributed by atoms with Crippen molar-refractivity contribution in [1.29, 1.82) is 0 Å². The Hall–Kier alpha value is -0.140. The molecule has 0 saturated heterocycles. The Morgan fingerprint density at radius 2 is 2.31 bits per heavy atom. The van der Waals surface area contributed by atoms with Crippen LogP contribution in [-0.4, -0.2) is 18.5 Å². The van der Waals surface area contributed by atoms with Gasteiger partial charge in [-0.3, -0.25) is 4.79 Å². The van der Waals surface area contributed by atoms with Gasteiger partial charge >= 0.3 is 0 Å². The molecule has 1 unspecified atom stereocenters. The summed E-state index contributed by atoms with van der Waals surface area (Å²) < 4.78 is 1.84. The van der Waals surface area contributed by atoms with Crippen molar-refractivity contribution in [3.8, 4) is 0 Å². The van der Waals surface area contributed by atoms with Crippen molar-refractivity contribution >= 4 is 44.4 Å². The average Bonchev–Trinajstić information content (AvgIpc) is 2.28. The highest BCUT2D eigenvalue weighted by atomic mass is 127. The highest BCUT2D eigenvalue weighted by molar-refractivity contribution is 14.1. The normalized spacial score (nSPS) is 12.2. The lowest BCUT2D eigenvalue weighted by Crippen LogP contribution is -2.39. The lowest BCUT2D eigenvalue weighted by atomic mass is 10.1. The number of rotatable bonds is 4. The maximum absolute atomic E-state index is 12.0. The zero-order chi connectivity index (χ0) is 12.1. The molecule has 0 aromatic heterocycles. The summed E-state index contributed by atoms with van der Waals surface area (Å²) >= 11 is 5.51. The van der Waals surface area contributed by atoms with Gasteiger partial charge in [0.25, 0.3) is 5.91 Å². The molecule has 0 heterocycles. The van der Waals surface area contributed by atoms with E-state index < -0.39 is 0 Å². The molecule has 5 heteroatoms. The number of amides is 1. The van der Waals surface area contributed by atoms with Crippen LogP contribution in [0.1, 0.15) is 23.7 Å². The molecular weight excluding hydrogens is 383 g/mol. The van der Waals surface area contributed by atoms with Crippen molar-refractivity contribution in [2.75, 3.05) is 6.54 Å². The molecule has 0 aliphatic rings. The first-order valence-electron chi connectivity index (χ1n) is 5.04. The van der Waals surface area contributed by atoms with E-state index in [9.17, 15) is 4.79 Å². The van der Waals surface area contributed by atoms with Crippen molar-refractivity contribution in [2.45, 2.75) is 19.4 Å². The first-order chi connectivity index (χ1) is 7.58. The zero-order valence-corrected chi connectivity index (χ0v) is 12.7. The highest BCUT2D eigenvalue weighted by Gasteiger charge is 2.13. The molecule has 3 N–H and O–H groups in total. The van der Waals surface area contributed by atoms with E-state index in [4.69, 9.17) is 5.73 Å². The van der Waals surface area contributed by atoms with Crippen molar-refractivity contribution in [3.05, 3.63) is 31.8 Å². The third-order valence-corrected chi connectivity index (χ3v) is 3.72. The molecule has 1 atom stereocenters. The molecule has 3 nitrogen and oxygen atoms in total. The van der Waals surface area contributed by atoms with Gasteiger partial charge in [-0.1, -0.05) is 22.9 Å². The van der Waals surface area contributed by atoms with Crippen LogP contribution in [0.5, 0.6) is 0 Å². The van der Waals surface area contributed by atoms with Crippen molar-refractivity contribution in [3.63, 3.8) is 0 Å². The molecular formula is C11H14BrIN2O. The number of hydrogen-bond donors (Lipinski definition) is 2. The van der Waals surface area contributed by atoms with Gasteiger partial charge in [-0.25, -0.2) is 0 Å². The van der Waals surface area contributed by atoms with Crippen LogP contribution in [-0.2, 0) is 0 Å². The lowest BCUT2D eigenvalue weighted by molar-refractivity contribution is 0.0936. The van der Waals surface area contributed by atoms with Gasteiger partial charge in [0.05, 0.1) is 5.56 Å². The number of carbonyl (C=O) groups excluding carboxylic acids is 1. The van der Waals surface area contributed by atoms with Crippen molar-refractivity contribution < 1.29 is 4.79 Å². The quantitative estimate of drug-likeness (QED) is 0.768. The van der Waals surface area contributed by atoms with E-state index in [1.165, 1.54) is 0 Å². The zero-order valence-electron chi connectivity index (χ0n) is 8.97. The van der Waals surface area contributed by atoms with Gasteiger partial charge in [-0.2, -0.15) is 0 Å². The predicted octanol–water partition coefficient (Wildman–Crippen LogP) is 2.52. The van der Waals surface area contributed by atoms with E-state index in [2.05, 4.69) is 43.8 Å². The fourth-order valence-electron chi connectivity index (χ4n) is 1.26. The van der Waals surface area contributed by atoms with Crippen LogP contribution in [0.25, 0.3) is 0 Å². The molecule has 0 spiro atoms. The second-order valence-electron chi connectivity index (χ2n) is 3.44. The van der Waals surface area contributed by atoms with E-state index in [1.807, 2.05) is 25.1 Å². The lowest BCUT2D eigenvalue weighted by Gasteiger charge is -2.15. The van der Waals surface area contributed by atoms with Crippen LogP contribution < -0.4 is 11.1 Å². The van der Waals surface area contributed by atoms with Gasteiger partial charge in [-0.05, 0) is 47.2 Å². The summed E-state index contributed by atoms with van der Waals surface area (Å²) in [6.45, 7) is 2.47. The number of nitrogens with one attached hydrogen (secondary N) is 1. The SMILES string of the molecule is CCC(CN)NC(=O)c1cc(Br)ccc1I. The Kier molecular flexibility index (Phi) is 5.71. The largest absolute Gasteiger partial charge is 0.348 e. The highest BCUT2D eigenvalue weighted by Crippen LogP contribution is 2.18. The maximum Gasteiger partial charge on any atom is 0.252 e. The number of halogens is 2. The van der Waals surface area contributed by atoms with Gasteiger partial charge in [0.2, 0.25) is 0 Å². The van der Waals surface area contributed by atoms with Crippen molar-refractivity contribution in [2.24, 2.45) is 5.73 Å². The van der Waals surface area contributed by atoms with Gasteiger partial charge in [0.15, 0.2) is 0 Å². The van der Waals surface area contributed by atoms with Gasteiger partial charge in [-0.15, -0.1) is 0 Å². The molecule has 0 saturated carbocycles. The summed E-state index contributed by atoms with van der Waals surface area (Å²) in [4.78, 5) is 12.0. The van der Waals surface area contributed by atoms with E-state index in [1.54, 1.807) is 0 Å². The molecule has 88 valence electrons. The van der Waals surface area contributed by atoms with Gasteiger partial charge < -0.3 is 11.1 Å². The molecule has 0 fully saturated rings. The summed E-state index contributed by atoms with van der Waals surface area (Å²) in [7, 11) is 0. The predicted molar refractivity (Wildman–Crippen MR) is 77.5 cm³/mol. The first-order valence-corrected chi connectivity index (χ1v) is 6.91. The van der Waals surface area contributed by atoms with Gasteiger partial charge in [0, 0.05) is 20.6 Å². The fraction of sp³-hybridized carbons (Fsp3) is 0.364. The maximum atomic E-state index is 12.0. The number of carbonyl (C=O) groups is 1. The Morgan fingerprint density at radius 3 is 2.88 bits per heavy atom. The monoisotopic (exact) mass is 396 g/mol. The van der Waals surface area contributed by atoms with Crippen LogP contribution in [0, 0.1) is 3.57 Å². The topological polar surface area (TPSA) is 55.1 Å². The molecule has 0 aliphatic carbocycles. The van der Waals surface area contributed by atoms with E-state index in [0.717, 1.165) is 14.5 Å². The molecule has 0 bridgehead atoms. The Morgan fingerprint density at radius 1 is 1.62 bits per heavy atom. The second kappa shape index (κ2) is 6.56. The van der Waals surface area contributed by atoms with Gasteiger partial charge in [0.1, 0.15) is 0 Å². The molecule has 1 aromatic rings. The molecule has 1 rings (SSSR count). The summed E-state index contributed by atoms with van der Waals surface area (Å²) in [5, 5.41) is 2.91. The minimum absolute atomic E-state index is 0.0438.